The molecular weight excluding hydrogens is 272 g/mol. The third-order valence-electron chi connectivity index (χ3n) is 3.53. The van der Waals surface area contributed by atoms with Crippen LogP contribution in [0.3, 0.4) is 0 Å². The molecule has 1 aromatic heterocycles. The molecular formula is C16H18O3S. The summed E-state index contributed by atoms with van der Waals surface area (Å²) in [4.78, 5) is 0.839. The highest BCUT2D eigenvalue weighted by Gasteiger charge is 2.30. The van der Waals surface area contributed by atoms with Crippen LogP contribution in [0.15, 0.2) is 29.6 Å². The maximum absolute atomic E-state index is 10.5. The molecule has 20 heavy (non-hydrogen) atoms. The number of methoxy groups -OCH3 is 1. The molecule has 0 bridgehead atoms. The Kier molecular flexibility index (Phi) is 3.22. The largest absolute Gasteiger partial charge is 0.495 e. The van der Waals surface area contributed by atoms with E-state index >= 15 is 0 Å². The van der Waals surface area contributed by atoms with Gasteiger partial charge in [0.15, 0.2) is 0 Å². The predicted molar refractivity (Wildman–Crippen MR) is 79.8 cm³/mol. The molecule has 1 atom stereocenters. The number of aliphatic hydroxyl groups excluding tert-OH is 1. The van der Waals surface area contributed by atoms with Gasteiger partial charge in [-0.1, -0.05) is 6.07 Å². The number of aliphatic hydroxyl groups is 1. The number of benzene rings is 1. The number of fused-ring (bicyclic) bond motifs is 1. The summed E-state index contributed by atoms with van der Waals surface area (Å²) in [5.74, 6) is 1.66. The van der Waals surface area contributed by atoms with Gasteiger partial charge in [0.25, 0.3) is 0 Å². The molecule has 0 fully saturated rings. The SMILES string of the molecule is COc1ccsc1C(O)c1ccc2c(c1)CC(C)(C)O2. The Morgan fingerprint density at radius 3 is 2.90 bits per heavy atom. The van der Waals surface area contributed by atoms with E-state index in [2.05, 4.69) is 13.8 Å². The molecule has 1 aliphatic rings. The van der Waals surface area contributed by atoms with Crippen LogP contribution in [0.4, 0.5) is 0 Å². The van der Waals surface area contributed by atoms with Crippen LogP contribution in [-0.4, -0.2) is 17.8 Å². The average Bonchev–Trinajstić information content (AvgIpc) is 2.98. The first-order valence-corrected chi connectivity index (χ1v) is 7.49. The zero-order valence-corrected chi connectivity index (χ0v) is 12.7. The van der Waals surface area contributed by atoms with E-state index in [0.29, 0.717) is 0 Å². The molecule has 1 unspecified atom stereocenters. The molecule has 0 saturated heterocycles. The average molecular weight is 290 g/mol. The van der Waals surface area contributed by atoms with E-state index in [4.69, 9.17) is 9.47 Å². The van der Waals surface area contributed by atoms with Crippen molar-refractivity contribution in [3.8, 4) is 11.5 Å². The zero-order chi connectivity index (χ0) is 14.3. The molecule has 0 saturated carbocycles. The van der Waals surface area contributed by atoms with Crippen LogP contribution in [0, 0.1) is 0 Å². The minimum Gasteiger partial charge on any atom is -0.495 e. The van der Waals surface area contributed by atoms with Crippen LogP contribution in [0.25, 0.3) is 0 Å². The van der Waals surface area contributed by atoms with Crippen LogP contribution in [0.5, 0.6) is 11.5 Å². The van der Waals surface area contributed by atoms with Gasteiger partial charge in [0.2, 0.25) is 0 Å². The Labute approximate surface area is 122 Å². The lowest BCUT2D eigenvalue weighted by Crippen LogP contribution is -2.24. The summed E-state index contributed by atoms with van der Waals surface area (Å²) < 4.78 is 11.1. The van der Waals surface area contributed by atoms with Gasteiger partial charge in [-0.3, -0.25) is 0 Å². The van der Waals surface area contributed by atoms with E-state index in [9.17, 15) is 5.11 Å². The van der Waals surface area contributed by atoms with Gasteiger partial charge < -0.3 is 14.6 Å². The zero-order valence-electron chi connectivity index (χ0n) is 11.8. The molecule has 1 aliphatic heterocycles. The summed E-state index contributed by atoms with van der Waals surface area (Å²) in [5, 5.41) is 12.5. The molecule has 4 heteroatoms. The third-order valence-corrected chi connectivity index (χ3v) is 4.48. The minimum absolute atomic E-state index is 0.160. The fourth-order valence-electron chi connectivity index (χ4n) is 2.63. The minimum atomic E-state index is -0.654. The maximum Gasteiger partial charge on any atom is 0.135 e. The first-order valence-electron chi connectivity index (χ1n) is 6.61. The van der Waals surface area contributed by atoms with Crippen molar-refractivity contribution in [3.63, 3.8) is 0 Å². The van der Waals surface area contributed by atoms with Crippen molar-refractivity contribution < 1.29 is 14.6 Å². The summed E-state index contributed by atoms with van der Waals surface area (Å²) >= 11 is 1.50. The Morgan fingerprint density at radius 2 is 2.15 bits per heavy atom. The van der Waals surface area contributed by atoms with Crippen LogP contribution in [-0.2, 0) is 6.42 Å². The molecule has 3 rings (SSSR count). The maximum atomic E-state index is 10.5. The molecule has 1 N–H and O–H groups in total. The summed E-state index contributed by atoms with van der Waals surface area (Å²) in [7, 11) is 1.62. The summed E-state index contributed by atoms with van der Waals surface area (Å²) in [6.45, 7) is 4.15. The summed E-state index contributed by atoms with van der Waals surface area (Å²) in [6, 6.07) is 7.78. The Bertz CT molecular complexity index is 630. The lowest BCUT2D eigenvalue weighted by Gasteiger charge is -2.16. The van der Waals surface area contributed by atoms with E-state index in [0.717, 1.165) is 33.9 Å². The van der Waals surface area contributed by atoms with Crippen molar-refractivity contribution in [1.82, 2.24) is 0 Å². The van der Waals surface area contributed by atoms with Gasteiger partial charge in [-0.2, -0.15) is 0 Å². The fourth-order valence-corrected chi connectivity index (χ4v) is 3.50. The molecule has 2 aromatic rings. The topological polar surface area (TPSA) is 38.7 Å². The number of ether oxygens (including phenoxy) is 2. The predicted octanol–water partition coefficient (Wildman–Crippen LogP) is 3.55. The van der Waals surface area contributed by atoms with Gasteiger partial charge in [-0.15, -0.1) is 11.3 Å². The second-order valence-electron chi connectivity index (χ2n) is 5.66. The number of hydrogen-bond acceptors (Lipinski definition) is 4. The summed E-state index contributed by atoms with van der Waals surface area (Å²) in [5.41, 5.74) is 1.87. The van der Waals surface area contributed by atoms with Gasteiger partial charge in [0.1, 0.15) is 23.2 Å². The number of thiophene rings is 1. The van der Waals surface area contributed by atoms with Crippen LogP contribution < -0.4 is 9.47 Å². The van der Waals surface area contributed by atoms with Crippen molar-refractivity contribution in [2.75, 3.05) is 7.11 Å². The van der Waals surface area contributed by atoms with Gasteiger partial charge in [0.05, 0.1) is 12.0 Å². The van der Waals surface area contributed by atoms with Crippen molar-refractivity contribution in [2.24, 2.45) is 0 Å². The Morgan fingerprint density at radius 1 is 1.35 bits per heavy atom. The van der Waals surface area contributed by atoms with Gasteiger partial charge >= 0.3 is 0 Å². The number of hydrogen-bond donors (Lipinski definition) is 1. The van der Waals surface area contributed by atoms with E-state index in [1.165, 1.54) is 11.3 Å². The lowest BCUT2D eigenvalue weighted by molar-refractivity contribution is 0.138. The van der Waals surface area contributed by atoms with Gasteiger partial charge in [0, 0.05) is 6.42 Å². The van der Waals surface area contributed by atoms with E-state index in [1.54, 1.807) is 7.11 Å². The molecule has 2 heterocycles. The van der Waals surface area contributed by atoms with E-state index in [1.807, 2.05) is 29.6 Å². The molecule has 3 nitrogen and oxygen atoms in total. The van der Waals surface area contributed by atoms with Gasteiger partial charge in [-0.05, 0) is 48.6 Å². The van der Waals surface area contributed by atoms with Crippen molar-refractivity contribution in [1.29, 1.82) is 0 Å². The quantitative estimate of drug-likeness (QED) is 0.939. The third kappa shape index (κ3) is 2.30. The monoisotopic (exact) mass is 290 g/mol. The van der Waals surface area contributed by atoms with Crippen LogP contribution in [0.2, 0.25) is 0 Å². The highest BCUT2D eigenvalue weighted by atomic mass is 32.1. The second kappa shape index (κ2) is 4.79. The fraction of sp³-hybridized carbons (Fsp3) is 0.375. The smallest absolute Gasteiger partial charge is 0.135 e. The highest BCUT2D eigenvalue weighted by molar-refractivity contribution is 7.10. The Balaban J connectivity index is 1.93. The first kappa shape index (κ1) is 13.5. The first-order chi connectivity index (χ1) is 9.50. The Hall–Kier alpha value is -1.52. The van der Waals surface area contributed by atoms with E-state index in [-0.39, 0.29) is 5.60 Å². The van der Waals surface area contributed by atoms with Gasteiger partial charge in [-0.25, -0.2) is 0 Å². The molecule has 0 spiro atoms. The number of rotatable bonds is 3. The summed E-state index contributed by atoms with van der Waals surface area (Å²) in [6.07, 6.45) is 0.212. The van der Waals surface area contributed by atoms with E-state index < -0.39 is 6.10 Å². The second-order valence-corrected chi connectivity index (χ2v) is 6.61. The van der Waals surface area contributed by atoms with Crippen molar-refractivity contribution in [2.45, 2.75) is 32.0 Å². The lowest BCUT2D eigenvalue weighted by atomic mass is 9.98. The van der Waals surface area contributed by atoms with Crippen molar-refractivity contribution in [3.05, 3.63) is 45.6 Å². The normalized spacial score (nSPS) is 17.4. The molecule has 1 aromatic carbocycles. The van der Waals surface area contributed by atoms with Crippen molar-refractivity contribution >= 4 is 11.3 Å². The highest BCUT2D eigenvalue weighted by Crippen LogP contribution is 2.39. The van der Waals surface area contributed by atoms with Crippen LogP contribution in [0.1, 0.15) is 36.0 Å². The molecule has 106 valence electrons. The molecule has 0 aliphatic carbocycles. The molecule has 0 radical (unpaired) electrons. The molecule has 0 amide bonds. The van der Waals surface area contributed by atoms with Crippen LogP contribution >= 0.6 is 11.3 Å². The standard InChI is InChI=1S/C16H18O3S/c1-16(2)9-11-8-10(4-5-12(11)19-16)14(17)15-13(18-3)6-7-20-15/h4-8,14,17H,9H2,1-3H3.